The highest BCUT2D eigenvalue weighted by Crippen LogP contribution is 2.43. The van der Waals surface area contributed by atoms with Crippen molar-refractivity contribution in [2.24, 2.45) is 11.7 Å². The predicted molar refractivity (Wildman–Crippen MR) is 45.3 cm³/mol. The molecule has 1 aromatic rings. The fraction of sp³-hybridized carbons (Fsp3) is 0.750. The molecule has 12 heavy (non-hydrogen) atoms. The maximum absolute atomic E-state index is 6.05. The molecule has 0 saturated heterocycles. The van der Waals surface area contributed by atoms with Crippen LogP contribution in [-0.4, -0.2) is 20.3 Å². The SMILES string of the molecule is CC1CC1(N)CCn1cnnc1. The monoisotopic (exact) mass is 166 g/mol. The second-order valence-electron chi connectivity index (χ2n) is 3.79. The van der Waals surface area contributed by atoms with Crippen LogP contribution in [0.15, 0.2) is 12.7 Å². The Bertz CT molecular complexity index is 256. The fourth-order valence-corrected chi connectivity index (χ4v) is 1.53. The summed E-state index contributed by atoms with van der Waals surface area (Å²) in [4.78, 5) is 0. The lowest BCUT2D eigenvalue weighted by Crippen LogP contribution is -2.25. The van der Waals surface area contributed by atoms with E-state index in [1.54, 1.807) is 12.7 Å². The molecule has 2 unspecified atom stereocenters. The molecule has 0 spiro atoms. The first kappa shape index (κ1) is 7.73. The smallest absolute Gasteiger partial charge is 0.119 e. The van der Waals surface area contributed by atoms with Crippen molar-refractivity contribution in [3.8, 4) is 0 Å². The molecule has 2 rings (SSSR count). The maximum atomic E-state index is 6.05. The van der Waals surface area contributed by atoms with E-state index in [9.17, 15) is 0 Å². The summed E-state index contributed by atoms with van der Waals surface area (Å²) in [7, 11) is 0. The van der Waals surface area contributed by atoms with Crippen molar-refractivity contribution in [1.29, 1.82) is 0 Å². The zero-order valence-corrected chi connectivity index (χ0v) is 7.27. The van der Waals surface area contributed by atoms with Gasteiger partial charge < -0.3 is 10.3 Å². The summed E-state index contributed by atoms with van der Waals surface area (Å²) in [5.41, 5.74) is 6.15. The quantitative estimate of drug-likeness (QED) is 0.707. The Morgan fingerprint density at radius 2 is 2.17 bits per heavy atom. The lowest BCUT2D eigenvalue weighted by atomic mass is 10.1. The Labute approximate surface area is 71.8 Å². The van der Waals surface area contributed by atoms with E-state index >= 15 is 0 Å². The minimum absolute atomic E-state index is 0.101. The van der Waals surface area contributed by atoms with Crippen molar-refractivity contribution in [2.75, 3.05) is 0 Å². The van der Waals surface area contributed by atoms with Crippen LogP contribution in [0.4, 0.5) is 0 Å². The van der Waals surface area contributed by atoms with E-state index in [-0.39, 0.29) is 5.54 Å². The molecule has 4 heteroatoms. The predicted octanol–water partition coefficient (Wildman–Crippen LogP) is 0.405. The molecule has 1 heterocycles. The molecule has 1 aliphatic carbocycles. The third-order valence-corrected chi connectivity index (χ3v) is 2.81. The second kappa shape index (κ2) is 2.55. The minimum Gasteiger partial charge on any atom is -0.325 e. The number of hydrogen-bond donors (Lipinski definition) is 1. The lowest BCUT2D eigenvalue weighted by Gasteiger charge is -2.09. The molecule has 1 aliphatic rings. The molecule has 0 radical (unpaired) electrons. The van der Waals surface area contributed by atoms with Gasteiger partial charge in [-0.3, -0.25) is 0 Å². The number of nitrogens with zero attached hydrogens (tertiary/aromatic N) is 3. The van der Waals surface area contributed by atoms with Crippen LogP contribution in [-0.2, 0) is 6.54 Å². The van der Waals surface area contributed by atoms with Crippen LogP contribution in [0.1, 0.15) is 19.8 Å². The largest absolute Gasteiger partial charge is 0.325 e. The number of aryl methyl sites for hydroxylation is 1. The van der Waals surface area contributed by atoms with Gasteiger partial charge in [0.25, 0.3) is 0 Å². The van der Waals surface area contributed by atoms with Crippen LogP contribution in [0.3, 0.4) is 0 Å². The summed E-state index contributed by atoms with van der Waals surface area (Å²) in [5.74, 6) is 0.689. The lowest BCUT2D eigenvalue weighted by molar-refractivity contribution is 0.504. The van der Waals surface area contributed by atoms with Crippen LogP contribution in [0, 0.1) is 5.92 Å². The van der Waals surface area contributed by atoms with Crippen LogP contribution in [0.5, 0.6) is 0 Å². The fourth-order valence-electron chi connectivity index (χ4n) is 1.53. The van der Waals surface area contributed by atoms with Crippen molar-refractivity contribution >= 4 is 0 Å². The Hall–Kier alpha value is -0.900. The maximum Gasteiger partial charge on any atom is 0.119 e. The van der Waals surface area contributed by atoms with Gasteiger partial charge >= 0.3 is 0 Å². The summed E-state index contributed by atoms with van der Waals surface area (Å²) in [6.07, 6.45) is 5.66. The Kier molecular flexibility index (Phi) is 1.65. The van der Waals surface area contributed by atoms with Gasteiger partial charge in [-0.05, 0) is 18.8 Å². The second-order valence-corrected chi connectivity index (χ2v) is 3.79. The van der Waals surface area contributed by atoms with Gasteiger partial charge in [0.1, 0.15) is 12.7 Å². The molecule has 0 aromatic carbocycles. The van der Waals surface area contributed by atoms with E-state index in [0.717, 1.165) is 19.4 Å². The molecule has 0 aliphatic heterocycles. The van der Waals surface area contributed by atoms with Crippen LogP contribution in [0.25, 0.3) is 0 Å². The topological polar surface area (TPSA) is 56.7 Å². The van der Waals surface area contributed by atoms with E-state index < -0.39 is 0 Å². The molecule has 66 valence electrons. The molecule has 1 saturated carbocycles. The Morgan fingerprint density at radius 3 is 2.67 bits per heavy atom. The zero-order chi connectivity index (χ0) is 8.60. The molecule has 2 N–H and O–H groups in total. The Balaban J connectivity index is 1.84. The third-order valence-electron chi connectivity index (χ3n) is 2.81. The average molecular weight is 166 g/mol. The highest BCUT2D eigenvalue weighted by atomic mass is 15.2. The van der Waals surface area contributed by atoms with Gasteiger partial charge in [-0.15, -0.1) is 10.2 Å². The van der Waals surface area contributed by atoms with Crippen molar-refractivity contribution < 1.29 is 0 Å². The number of nitrogens with two attached hydrogens (primary N) is 1. The normalized spacial score (nSPS) is 33.7. The van der Waals surface area contributed by atoms with Gasteiger partial charge in [0, 0.05) is 12.1 Å². The summed E-state index contributed by atoms with van der Waals surface area (Å²) in [6.45, 7) is 3.14. The number of aromatic nitrogens is 3. The third kappa shape index (κ3) is 1.34. The number of rotatable bonds is 3. The van der Waals surface area contributed by atoms with E-state index in [0.29, 0.717) is 5.92 Å². The molecule has 2 atom stereocenters. The van der Waals surface area contributed by atoms with Crippen molar-refractivity contribution in [2.45, 2.75) is 31.8 Å². The first-order valence-corrected chi connectivity index (χ1v) is 4.32. The summed E-state index contributed by atoms with van der Waals surface area (Å²) in [5, 5.41) is 7.47. The first-order valence-electron chi connectivity index (χ1n) is 4.32. The van der Waals surface area contributed by atoms with Gasteiger partial charge in [0.05, 0.1) is 0 Å². The number of hydrogen-bond acceptors (Lipinski definition) is 3. The van der Waals surface area contributed by atoms with Crippen molar-refractivity contribution in [3.05, 3.63) is 12.7 Å². The zero-order valence-electron chi connectivity index (χ0n) is 7.27. The Morgan fingerprint density at radius 1 is 1.58 bits per heavy atom. The average Bonchev–Trinajstić information content (AvgIpc) is 2.57. The van der Waals surface area contributed by atoms with Gasteiger partial charge in [0.2, 0.25) is 0 Å². The molecule has 0 amide bonds. The summed E-state index contributed by atoms with van der Waals surface area (Å²) >= 11 is 0. The van der Waals surface area contributed by atoms with Crippen molar-refractivity contribution in [3.63, 3.8) is 0 Å². The van der Waals surface area contributed by atoms with E-state index in [4.69, 9.17) is 5.73 Å². The van der Waals surface area contributed by atoms with Crippen molar-refractivity contribution in [1.82, 2.24) is 14.8 Å². The van der Waals surface area contributed by atoms with Gasteiger partial charge in [-0.1, -0.05) is 6.92 Å². The van der Waals surface area contributed by atoms with Gasteiger partial charge in [0.15, 0.2) is 0 Å². The minimum atomic E-state index is 0.101. The molecule has 1 aromatic heterocycles. The standard InChI is InChI=1S/C8H14N4/c1-7-4-8(7,9)2-3-12-5-10-11-6-12/h5-7H,2-4,9H2,1H3. The van der Waals surface area contributed by atoms with E-state index in [1.807, 2.05) is 4.57 Å². The molecular weight excluding hydrogens is 152 g/mol. The van der Waals surface area contributed by atoms with Crippen LogP contribution < -0.4 is 5.73 Å². The van der Waals surface area contributed by atoms with Crippen LogP contribution in [0.2, 0.25) is 0 Å². The van der Waals surface area contributed by atoms with E-state index in [1.165, 1.54) is 0 Å². The highest BCUT2D eigenvalue weighted by Gasteiger charge is 2.46. The molecule has 1 fully saturated rings. The van der Waals surface area contributed by atoms with E-state index in [2.05, 4.69) is 17.1 Å². The first-order chi connectivity index (χ1) is 5.71. The highest BCUT2D eigenvalue weighted by molar-refractivity contribution is 5.04. The van der Waals surface area contributed by atoms with Gasteiger partial charge in [-0.2, -0.15) is 0 Å². The molecule has 0 bridgehead atoms. The van der Waals surface area contributed by atoms with Gasteiger partial charge in [-0.25, -0.2) is 0 Å². The summed E-state index contributed by atoms with van der Waals surface area (Å²) < 4.78 is 1.97. The molecular formula is C8H14N4. The van der Waals surface area contributed by atoms with Crippen LogP contribution >= 0.6 is 0 Å². The molecule has 4 nitrogen and oxygen atoms in total. The summed E-state index contributed by atoms with van der Waals surface area (Å²) in [6, 6.07) is 0.